The standard InChI is InChI=1S/C22H24N2O5S/c1-15(25)16-8-10-18(11-9-16)23-20(26)14-29-22(28)19(12-13-30-2)24-21(27)17-6-4-3-5-7-17/h3-11,19H,12-14H2,1-2H3,(H,23,26)(H,24,27). The molecule has 30 heavy (non-hydrogen) atoms. The van der Waals surface area contributed by atoms with Gasteiger partial charge in [-0.25, -0.2) is 4.79 Å². The highest BCUT2D eigenvalue weighted by atomic mass is 32.2. The summed E-state index contributed by atoms with van der Waals surface area (Å²) in [7, 11) is 0. The summed E-state index contributed by atoms with van der Waals surface area (Å²) in [5.41, 5.74) is 1.45. The predicted molar refractivity (Wildman–Crippen MR) is 117 cm³/mol. The molecule has 0 bridgehead atoms. The summed E-state index contributed by atoms with van der Waals surface area (Å²) < 4.78 is 5.10. The molecule has 0 aromatic heterocycles. The summed E-state index contributed by atoms with van der Waals surface area (Å²) in [6.07, 6.45) is 2.28. The van der Waals surface area contributed by atoms with E-state index in [0.29, 0.717) is 29.0 Å². The minimum Gasteiger partial charge on any atom is -0.454 e. The normalized spacial score (nSPS) is 11.3. The van der Waals surface area contributed by atoms with Gasteiger partial charge in [0, 0.05) is 16.8 Å². The lowest BCUT2D eigenvalue weighted by atomic mass is 10.1. The lowest BCUT2D eigenvalue weighted by Crippen LogP contribution is -2.43. The van der Waals surface area contributed by atoms with E-state index in [0.717, 1.165) is 0 Å². The van der Waals surface area contributed by atoms with Crippen LogP contribution in [0, 0.1) is 0 Å². The topological polar surface area (TPSA) is 102 Å². The Balaban J connectivity index is 1.90. The maximum Gasteiger partial charge on any atom is 0.329 e. The van der Waals surface area contributed by atoms with E-state index in [2.05, 4.69) is 10.6 Å². The largest absolute Gasteiger partial charge is 0.454 e. The number of thioether (sulfide) groups is 1. The first kappa shape index (κ1) is 23.2. The van der Waals surface area contributed by atoms with Crippen LogP contribution in [0.4, 0.5) is 5.69 Å². The minimum atomic E-state index is -0.854. The molecule has 0 fully saturated rings. The molecule has 0 saturated heterocycles. The van der Waals surface area contributed by atoms with Crippen molar-refractivity contribution in [3.05, 3.63) is 65.7 Å². The molecule has 2 aromatic rings. The highest BCUT2D eigenvalue weighted by Crippen LogP contribution is 2.10. The molecule has 0 radical (unpaired) electrons. The second-order valence-corrected chi connectivity index (χ2v) is 7.45. The number of carbonyl (C=O) groups excluding carboxylic acids is 4. The van der Waals surface area contributed by atoms with Crippen molar-refractivity contribution in [2.45, 2.75) is 19.4 Å². The van der Waals surface area contributed by atoms with E-state index in [4.69, 9.17) is 4.74 Å². The first-order valence-corrected chi connectivity index (χ1v) is 10.7. The second-order valence-electron chi connectivity index (χ2n) is 6.46. The molecule has 2 amide bonds. The molecule has 2 aromatic carbocycles. The Morgan fingerprint density at radius 2 is 1.63 bits per heavy atom. The fraction of sp³-hybridized carbons (Fsp3) is 0.273. The van der Waals surface area contributed by atoms with Crippen molar-refractivity contribution in [2.75, 3.05) is 23.9 Å². The van der Waals surface area contributed by atoms with Crippen LogP contribution in [0.25, 0.3) is 0 Å². The molecule has 0 aliphatic heterocycles. The van der Waals surface area contributed by atoms with E-state index in [1.165, 1.54) is 18.7 Å². The monoisotopic (exact) mass is 428 g/mol. The summed E-state index contributed by atoms with van der Waals surface area (Å²) in [5.74, 6) is -1.000. The maximum absolute atomic E-state index is 12.4. The van der Waals surface area contributed by atoms with Crippen LogP contribution in [-0.2, 0) is 14.3 Å². The molecule has 2 N–H and O–H groups in total. The van der Waals surface area contributed by atoms with Gasteiger partial charge in [-0.05, 0) is 61.8 Å². The average Bonchev–Trinajstić information content (AvgIpc) is 2.75. The number of benzene rings is 2. The van der Waals surface area contributed by atoms with Crippen LogP contribution < -0.4 is 10.6 Å². The molecule has 1 atom stereocenters. The lowest BCUT2D eigenvalue weighted by Gasteiger charge is -2.17. The van der Waals surface area contributed by atoms with E-state index in [1.807, 2.05) is 6.26 Å². The highest BCUT2D eigenvalue weighted by Gasteiger charge is 2.23. The van der Waals surface area contributed by atoms with Crippen LogP contribution in [0.5, 0.6) is 0 Å². The maximum atomic E-state index is 12.4. The number of hydrogen-bond donors (Lipinski definition) is 2. The van der Waals surface area contributed by atoms with Gasteiger partial charge in [-0.3, -0.25) is 14.4 Å². The Labute approximate surface area is 179 Å². The SMILES string of the molecule is CSCCC(NC(=O)c1ccccc1)C(=O)OCC(=O)Nc1ccc(C(C)=O)cc1. The number of ketones is 1. The van der Waals surface area contributed by atoms with Crippen molar-refractivity contribution >= 4 is 41.0 Å². The molecule has 0 aliphatic carbocycles. The second kappa shape index (κ2) is 11.8. The Kier molecular flexibility index (Phi) is 9.08. The van der Waals surface area contributed by atoms with E-state index in [-0.39, 0.29) is 11.7 Å². The van der Waals surface area contributed by atoms with Crippen molar-refractivity contribution in [2.24, 2.45) is 0 Å². The van der Waals surface area contributed by atoms with Crippen molar-refractivity contribution in [3.63, 3.8) is 0 Å². The number of esters is 1. The van der Waals surface area contributed by atoms with E-state index < -0.39 is 24.5 Å². The number of rotatable bonds is 10. The molecular weight excluding hydrogens is 404 g/mol. The third-order valence-corrected chi connectivity index (χ3v) is 4.80. The molecule has 8 heteroatoms. The Hall–Kier alpha value is -3.13. The Bertz CT molecular complexity index is 884. The van der Waals surface area contributed by atoms with Gasteiger partial charge in [0.15, 0.2) is 12.4 Å². The van der Waals surface area contributed by atoms with Crippen LogP contribution in [0.2, 0.25) is 0 Å². The van der Waals surface area contributed by atoms with Gasteiger partial charge in [0.05, 0.1) is 0 Å². The number of ether oxygens (including phenoxy) is 1. The molecule has 0 aliphatic rings. The van der Waals surface area contributed by atoms with E-state index >= 15 is 0 Å². The van der Waals surface area contributed by atoms with Crippen LogP contribution in [0.15, 0.2) is 54.6 Å². The van der Waals surface area contributed by atoms with Crippen LogP contribution in [0.3, 0.4) is 0 Å². The number of amides is 2. The average molecular weight is 429 g/mol. The number of carbonyl (C=O) groups is 4. The number of Topliss-reactive ketones (excluding diaryl/α,β-unsaturated/α-hetero) is 1. The fourth-order valence-corrected chi connectivity index (χ4v) is 3.01. The van der Waals surface area contributed by atoms with Crippen molar-refractivity contribution in [1.82, 2.24) is 5.32 Å². The summed E-state index contributed by atoms with van der Waals surface area (Å²) in [4.78, 5) is 48.1. The molecule has 0 spiro atoms. The zero-order valence-corrected chi connectivity index (χ0v) is 17.7. The van der Waals surface area contributed by atoms with Crippen molar-refractivity contribution in [1.29, 1.82) is 0 Å². The van der Waals surface area contributed by atoms with Crippen LogP contribution in [-0.4, -0.2) is 48.2 Å². The van der Waals surface area contributed by atoms with E-state index in [1.54, 1.807) is 54.6 Å². The summed E-state index contributed by atoms with van der Waals surface area (Å²) >= 11 is 1.54. The van der Waals surface area contributed by atoms with Gasteiger partial charge >= 0.3 is 5.97 Å². The Morgan fingerprint density at radius 3 is 2.23 bits per heavy atom. The quantitative estimate of drug-likeness (QED) is 0.446. The number of anilines is 1. The molecule has 158 valence electrons. The number of hydrogen-bond acceptors (Lipinski definition) is 6. The third kappa shape index (κ3) is 7.36. The molecule has 1 unspecified atom stereocenters. The van der Waals surface area contributed by atoms with Gasteiger partial charge in [-0.2, -0.15) is 11.8 Å². The van der Waals surface area contributed by atoms with Crippen molar-refractivity contribution < 1.29 is 23.9 Å². The summed E-state index contributed by atoms with van der Waals surface area (Å²) in [5, 5.41) is 5.26. The predicted octanol–water partition coefficient (Wildman–Crippen LogP) is 2.92. The first-order chi connectivity index (χ1) is 14.4. The molecule has 0 saturated carbocycles. The summed E-state index contributed by atoms with van der Waals surface area (Å²) in [6, 6.07) is 14.1. The van der Waals surface area contributed by atoms with Crippen molar-refractivity contribution in [3.8, 4) is 0 Å². The molecular formula is C22H24N2O5S. The molecule has 0 heterocycles. The zero-order chi connectivity index (χ0) is 21.9. The Morgan fingerprint density at radius 1 is 0.967 bits per heavy atom. The van der Waals surface area contributed by atoms with Gasteiger partial charge in [0.25, 0.3) is 11.8 Å². The van der Waals surface area contributed by atoms with E-state index in [9.17, 15) is 19.2 Å². The zero-order valence-electron chi connectivity index (χ0n) is 16.8. The van der Waals surface area contributed by atoms with Gasteiger partial charge in [-0.1, -0.05) is 18.2 Å². The molecule has 2 rings (SSSR count). The van der Waals surface area contributed by atoms with Gasteiger partial charge in [-0.15, -0.1) is 0 Å². The fourth-order valence-electron chi connectivity index (χ4n) is 2.54. The van der Waals surface area contributed by atoms with Gasteiger partial charge < -0.3 is 15.4 Å². The number of nitrogens with one attached hydrogen (secondary N) is 2. The van der Waals surface area contributed by atoms with Gasteiger partial charge in [0.1, 0.15) is 6.04 Å². The molecule has 7 nitrogen and oxygen atoms in total. The minimum absolute atomic E-state index is 0.0735. The third-order valence-electron chi connectivity index (χ3n) is 4.16. The lowest BCUT2D eigenvalue weighted by molar-refractivity contribution is -0.149. The van der Waals surface area contributed by atoms with Crippen LogP contribution >= 0.6 is 11.8 Å². The van der Waals surface area contributed by atoms with Gasteiger partial charge in [0.2, 0.25) is 0 Å². The highest BCUT2D eigenvalue weighted by molar-refractivity contribution is 7.98. The first-order valence-electron chi connectivity index (χ1n) is 9.33. The van der Waals surface area contributed by atoms with Crippen LogP contribution in [0.1, 0.15) is 34.1 Å². The smallest absolute Gasteiger partial charge is 0.329 e. The summed E-state index contributed by atoms with van der Waals surface area (Å²) in [6.45, 7) is 0.974.